The summed E-state index contributed by atoms with van der Waals surface area (Å²) in [4.78, 5) is 0. The molecule has 0 atom stereocenters. The minimum Gasteiger partial charge on any atom is -0.257 e. The molecule has 19 heavy (non-hydrogen) atoms. The van der Waals surface area contributed by atoms with E-state index in [0.29, 0.717) is 0 Å². The number of aryl methyl sites for hydroxylation is 1. The minimum absolute atomic E-state index is 0.316. The molecule has 0 spiro atoms. The lowest BCUT2D eigenvalue weighted by molar-refractivity contribution is 0.381. The van der Waals surface area contributed by atoms with Crippen LogP contribution in [0.3, 0.4) is 0 Å². The van der Waals surface area contributed by atoms with Gasteiger partial charge in [0.1, 0.15) is 11.8 Å². The van der Waals surface area contributed by atoms with Crippen molar-refractivity contribution in [2.24, 2.45) is 7.05 Å². The second-order valence-corrected chi connectivity index (χ2v) is 3.59. The first kappa shape index (κ1) is 13.0. The highest BCUT2D eigenvalue weighted by Crippen LogP contribution is 2.32. The number of hydrogen-bond acceptors (Lipinski definition) is 2. The predicted octanol–water partition coefficient (Wildman–Crippen LogP) is 2.65. The quantitative estimate of drug-likeness (QED) is 0.455. The molecule has 8 heteroatoms. The zero-order chi connectivity index (χ0) is 14.3. The van der Waals surface area contributed by atoms with Crippen LogP contribution in [0.15, 0.2) is 6.20 Å². The van der Waals surface area contributed by atoms with Crippen LogP contribution in [0, 0.1) is 40.4 Å². The Kier molecular flexibility index (Phi) is 2.98. The molecule has 1 aromatic heterocycles. The molecule has 0 saturated heterocycles. The summed E-state index contributed by atoms with van der Waals surface area (Å²) < 4.78 is 67.1. The highest BCUT2D eigenvalue weighted by atomic mass is 19.2. The van der Waals surface area contributed by atoms with Crippen molar-refractivity contribution < 1.29 is 22.0 Å². The van der Waals surface area contributed by atoms with Gasteiger partial charge in [0.25, 0.3) is 0 Å². The third-order valence-electron chi connectivity index (χ3n) is 2.52. The van der Waals surface area contributed by atoms with Gasteiger partial charge in [-0.2, -0.15) is 10.4 Å². The van der Waals surface area contributed by atoms with E-state index < -0.39 is 40.2 Å². The Bertz CT molecular complexity index is 685. The Morgan fingerprint density at radius 1 is 1.00 bits per heavy atom. The van der Waals surface area contributed by atoms with E-state index in [2.05, 4.69) is 5.10 Å². The summed E-state index contributed by atoms with van der Waals surface area (Å²) in [6.07, 6.45) is 0.858. The maximum Gasteiger partial charge on any atom is 0.200 e. The molecule has 0 saturated carbocycles. The molecule has 0 unspecified atom stereocenters. The number of rotatable bonds is 1. The van der Waals surface area contributed by atoms with Crippen LogP contribution in [0.25, 0.3) is 11.1 Å². The highest BCUT2D eigenvalue weighted by Gasteiger charge is 2.28. The van der Waals surface area contributed by atoms with E-state index in [-0.39, 0.29) is 5.69 Å². The molecule has 1 heterocycles. The zero-order valence-corrected chi connectivity index (χ0v) is 9.31. The second-order valence-electron chi connectivity index (χ2n) is 3.59. The fourth-order valence-electron chi connectivity index (χ4n) is 1.59. The smallest absolute Gasteiger partial charge is 0.200 e. The van der Waals surface area contributed by atoms with E-state index in [9.17, 15) is 22.0 Å². The van der Waals surface area contributed by atoms with E-state index in [1.165, 1.54) is 7.05 Å². The van der Waals surface area contributed by atoms with Gasteiger partial charge in [0.2, 0.25) is 5.82 Å². The largest absolute Gasteiger partial charge is 0.257 e. The fraction of sp³-hybridized carbons (Fsp3) is 0.0909. The predicted molar refractivity (Wildman–Crippen MR) is 53.1 cm³/mol. The van der Waals surface area contributed by atoms with Crippen LogP contribution in [-0.2, 0) is 7.05 Å². The van der Waals surface area contributed by atoms with Crippen molar-refractivity contribution >= 4 is 0 Å². The molecule has 2 rings (SSSR count). The van der Waals surface area contributed by atoms with Gasteiger partial charge in [-0.05, 0) is 0 Å². The van der Waals surface area contributed by atoms with Crippen molar-refractivity contribution in [3.05, 3.63) is 41.0 Å². The number of aromatic nitrogens is 2. The van der Waals surface area contributed by atoms with Crippen molar-refractivity contribution in [1.82, 2.24) is 9.78 Å². The van der Waals surface area contributed by atoms with Gasteiger partial charge in [0.15, 0.2) is 23.3 Å². The summed E-state index contributed by atoms with van der Waals surface area (Å²) in [5.74, 6) is -10.4. The van der Waals surface area contributed by atoms with E-state index in [4.69, 9.17) is 5.26 Å². The number of nitriles is 1. The number of nitrogens with zero attached hydrogens (tertiary/aromatic N) is 3. The molecular formula is C11H4F5N3. The first-order valence-corrected chi connectivity index (χ1v) is 4.84. The molecule has 3 nitrogen and oxygen atoms in total. The highest BCUT2D eigenvalue weighted by molar-refractivity contribution is 5.69. The molecule has 0 N–H and O–H groups in total. The lowest BCUT2D eigenvalue weighted by Gasteiger charge is -2.06. The monoisotopic (exact) mass is 273 g/mol. The zero-order valence-electron chi connectivity index (χ0n) is 9.31. The summed E-state index contributed by atoms with van der Waals surface area (Å²) in [6, 6.07) is 1.58. The number of benzene rings is 1. The average molecular weight is 273 g/mol. The van der Waals surface area contributed by atoms with E-state index >= 15 is 0 Å². The van der Waals surface area contributed by atoms with Crippen LogP contribution in [0.1, 0.15) is 5.69 Å². The topological polar surface area (TPSA) is 41.6 Å². The van der Waals surface area contributed by atoms with Crippen molar-refractivity contribution in [2.75, 3.05) is 0 Å². The molecule has 0 radical (unpaired) electrons. The molecule has 0 amide bonds. The normalized spacial score (nSPS) is 10.6. The molecule has 0 fully saturated rings. The van der Waals surface area contributed by atoms with Crippen molar-refractivity contribution in [3.8, 4) is 17.2 Å². The lowest BCUT2D eigenvalue weighted by atomic mass is 10.0. The summed E-state index contributed by atoms with van der Waals surface area (Å²) >= 11 is 0. The third-order valence-corrected chi connectivity index (χ3v) is 2.52. The Hall–Kier alpha value is -2.43. The first-order chi connectivity index (χ1) is 8.90. The van der Waals surface area contributed by atoms with E-state index in [0.717, 1.165) is 10.9 Å². The molecular weight excluding hydrogens is 269 g/mol. The van der Waals surface area contributed by atoms with Crippen molar-refractivity contribution in [2.45, 2.75) is 0 Å². The molecule has 0 aliphatic rings. The van der Waals surface area contributed by atoms with Gasteiger partial charge in [-0.1, -0.05) is 0 Å². The van der Waals surface area contributed by atoms with Gasteiger partial charge in [0, 0.05) is 12.6 Å². The molecule has 0 aliphatic carbocycles. The van der Waals surface area contributed by atoms with E-state index in [1.807, 2.05) is 0 Å². The Labute approximate surface area is 103 Å². The van der Waals surface area contributed by atoms with Gasteiger partial charge in [-0.25, -0.2) is 22.0 Å². The SMILES string of the molecule is Cn1ncc(-c2c(F)c(F)c(F)c(F)c2F)c1C#N. The second kappa shape index (κ2) is 4.35. The maximum atomic E-state index is 13.5. The lowest BCUT2D eigenvalue weighted by Crippen LogP contribution is -2.04. The Morgan fingerprint density at radius 3 is 1.95 bits per heavy atom. The molecule has 2 aromatic rings. The Morgan fingerprint density at radius 2 is 1.47 bits per heavy atom. The maximum absolute atomic E-state index is 13.5. The summed E-state index contributed by atoms with van der Waals surface area (Å²) in [5, 5.41) is 12.4. The van der Waals surface area contributed by atoms with Gasteiger partial charge in [0.05, 0.1) is 11.8 Å². The van der Waals surface area contributed by atoms with Gasteiger partial charge < -0.3 is 0 Å². The minimum atomic E-state index is -2.25. The van der Waals surface area contributed by atoms with Crippen molar-refractivity contribution in [3.63, 3.8) is 0 Å². The van der Waals surface area contributed by atoms with E-state index in [1.54, 1.807) is 6.07 Å². The summed E-state index contributed by atoms with van der Waals surface area (Å²) in [7, 11) is 1.30. The standard InChI is InChI=1S/C11H4F5N3/c1-19-5(2-17)4(3-18-19)6-7(12)9(14)11(16)10(15)8(6)13/h3H,1H3. The van der Waals surface area contributed by atoms with Crippen LogP contribution in [0.4, 0.5) is 22.0 Å². The number of hydrogen-bond donors (Lipinski definition) is 0. The first-order valence-electron chi connectivity index (χ1n) is 4.84. The molecule has 1 aromatic carbocycles. The Balaban J connectivity index is 2.88. The van der Waals surface area contributed by atoms with Gasteiger partial charge in [-0.3, -0.25) is 4.68 Å². The third kappa shape index (κ3) is 1.74. The van der Waals surface area contributed by atoms with Crippen LogP contribution >= 0.6 is 0 Å². The summed E-state index contributed by atoms with van der Waals surface area (Å²) in [5.41, 5.74) is -1.94. The summed E-state index contributed by atoms with van der Waals surface area (Å²) in [6.45, 7) is 0. The van der Waals surface area contributed by atoms with Crippen molar-refractivity contribution in [1.29, 1.82) is 5.26 Å². The molecule has 0 bridgehead atoms. The fourth-order valence-corrected chi connectivity index (χ4v) is 1.59. The molecule has 0 aliphatic heterocycles. The molecule has 98 valence electrons. The van der Waals surface area contributed by atoms with Crippen LogP contribution in [-0.4, -0.2) is 9.78 Å². The number of halogens is 5. The van der Waals surface area contributed by atoms with Crippen LogP contribution in [0.2, 0.25) is 0 Å². The van der Waals surface area contributed by atoms with Gasteiger partial charge >= 0.3 is 0 Å². The average Bonchev–Trinajstić information content (AvgIpc) is 2.75. The van der Waals surface area contributed by atoms with Crippen LogP contribution in [0.5, 0.6) is 0 Å². The van der Waals surface area contributed by atoms with Crippen LogP contribution < -0.4 is 0 Å². The van der Waals surface area contributed by atoms with Gasteiger partial charge in [-0.15, -0.1) is 0 Å².